The molecule has 0 saturated heterocycles. The van der Waals surface area contributed by atoms with Crippen molar-refractivity contribution in [1.82, 2.24) is 19.9 Å². The minimum Gasteiger partial charge on any atom is -0.368 e. The first-order chi connectivity index (χ1) is 9.74. The predicted molar refractivity (Wildman–Crippen MR) is 77.8 cm³/mol. The number of benzene rings is 1. The molecule has 6 nitrogen and oxygen atoms in total. The van der Waals surface area contributed by atoms with E-state index in [9.17, 15) is 0 Å². The molecule has 0 aliphatic carbocycles. The molecule has 20 heavy (non-hydrogen) atoms. The van der Waals surface area contributed by atoms with Gasteiger partial charge in [-0.25, -0.2) is 4.98 Å². The number of rotatable bonds is 1. The van der Waals surface area contributed by atoms with Crippen LogP contribution < -0.4 is 10.6 Å². The maximum Gasteiger partial charge on any atom is 0.224 e. The average Bonchev–Trinajstić information content (AvgIpc) is 3.00. The van der Waals surface area contributed by atoms with Crippen molar-refractivity contribution in [3.05, 3.63) is 36.2 Å². The zero-order valence-corrected chi connectivity index (χ0v) is 11.0. The fourth-order valence-corrected chi connectivity index (χ4v) is 2.90. The van der Waals surface area contributed by atoms with E-state index in [4.69, 9.17) is 5.73 Å². The lowest BCUT2D eigenvalue weighted by Gasteiger charge is -2.24. The van der Waals surface area contributed by atoms with Crippen molar-refractivity contribution in [3.63, 3.8) is 0 Å². The van der Waals surface area contributed by atoms with Crippen molar-refractivity contribution in [2.75, 3.05) is 10.6 Å². The van der Waals surface area contributed by atoms with Gasteiger partial charge in [0, 0.05) is 11.7 Å². The predicted octanol–water partition coefficient (Wildman–Crippen LogP) is 2.02. The normalized spacial score (nSPS) is 17.6. The third kappa shape index (κ3) is 1.48. The minimum atomic E-state index is 0.246. The summed E-state index contributed by atoms with van der Waals surface area (Å²) in [6.45, 7) is 2.18. The topological polar surface area (TPSA) is 83.7 Å². The van der Waals surface area contributed by atoms with E-state index in [2.05, 4.69) is 50.0 Å². The van der Waals surface area contributed by atoms with Gasteiger partial charge < -0.3 is 15.6 Å². The molecule has 1 unspecified atom stereocenters. The Balaban J connectivity index is 1.97. The molecule has 3 N–H and O–H groups in total. The van der Waals surface area contributed by atoms with E-state index >= 15 is 0 Å². The van der Waals surface area contributed by atoms with Gasteiger partial charge in [0.15, 0.2) is 11.5 Å². The molecule has 0 spiro atoms. The van der Waals surface area contributed by atoms with Gasteiger partial charge in [0.1, 0.15) is 5.52 Å². The molecule has 1 aliphatic heterocycles. The first kappa shape index (κ1) is 11.2. The van der Waals surface area contributed by atoms with E-state index in [1.165, 1.54) is 11.3 Å². The highest BCUT2D eigenvalue weighted by Crippen LogP contribution is 2.39. The number of hydrogen-bond donors (Lipinski definition) is 2. The summed E-state index contributed by atoms with van der Waals surface area (Å²) in [7, 11) is 0. The van der Waals surface area contributed by atoms with Crippen LogP contribution >= 0.6 is 0 Å². The van der Waals surface area contributed by atoms with Crippen LogP contribution in [0, 0.1) is 0 Å². The fraction of sp³-hybridized carbons (Fsp3) is 0.214. The zero-order valence-electron chi connectivity index (χ0n) is 11.0. The summed E-state index contributed by atoms with van der Waals surface area (Å²) >= 11 is 0. The van der Waals surface area contributed by atoms with Crippen LogP contribution in [0.5, 0.6) is 0 Å². The number of aromatic nitrogens is 4. The molecule has 1 aromatic carbocycles. The van der Waals surface area contributed by atoms with E-state index in [0.717, 1.165) is 17.8 Å². The number of imidazole rings is 1. The third-order valence-corrected chi connectivity index (χ3v) is 3.72. The van der Waals surface area contributed by atoms with Crippen LogP contribution in [-0.2, 0) is 6.42 Å². The lowest BCUT2D eigenvalue weighted by molar-refractivity contribution is 0.752. The summed E-state index contributed by atoms with van der Waals surface area (Å²) in [5.41, 5.74) is 9.74. The van der Waals surface area contributed by atoms with Gasteiger partial charge in [-0.2, -0.15) is 9.97 Å². The first-order valence-corrected chi connectivity index (χ1v) is 6.58. The summed E-state index contributed by atoms with van der Waals surface area (Å²) < 4.78 is 0. The molecule has 2 aromatic heterocycles. The standard InChI is InChI=1S/C14H14N6/c1-8-6-9-4-2-3-5-10(9)20(8)13-11-12(17-7-16-11)18-14(15)19-13/h2-5,7-8H,6H2,1H3,(H3,15,16,17,18,19). The van der Waals surface area contributed by atoms with E-state index in [-0.39, 0.29) is 5.95 Å². The number of fused-ring (bicyclic) bond motifs is 2. The molecule has 1 aliphatic rings. The van der Waals surface area contributed by atoms with Crippen molar-refractivity contribution < 1.29 is 0 Å². The van der Waals surface area contributed by atoms with E-state index < -0.39 is 0 Å². The Bertz CT molecular complexity index is 793. The van der Waals surface area contributed by atoms with E-state index in [1.807, 2.05) is 6.07 Å². The molecule has 4 rings (SSSR count). The van der Waals surface area contributed by atoms with Crippen LogP contribution in [0.15, 0.2) is 30.6 Å². The van der Waals surface area contributed by atoms with Crippen LogP contribution in [0.2, 0.25) is 0 Å². The minimum absolute atomic E-state index is 0.246. The summed E-state index contributed by atoms with van der Waals surface area (Å²) in [6.07, 6.45) is 2.62. The van der Waals surface area contributed by atoms with Crippen LogP contribution in [-0.4, -0.2) is 26.0 Å². The number of anilines is 3. The molecule has 0 radical (unpaired) electrons. The molecule has 0 fully saturated rings. The van der Waals surface area contributed by atoms with Crippen molar-refractivity contribution in [1.29, 1.82) is 0 Å². The lowest BCUT2D eigenvalue weighted by atomic mass is 10.1. The number of nitrogen functional groups attached to an aromatic ring is 1. The van der Waals surface area contributed by atoms with Gasteiger partial charge >= 0.3 is 0 Å². The maximum absolute atomic E-state index is 5.81. The second-order valence-electron chi connectivity index (χ2n) is 5.06. The van der Waals surface area contributed by atoms with Crippen molar-refractivity contribution >= 4 is 28.6 Å². The Morgan fingerprint density at radius 3 is 3.05 bits per heavy atom. The van der Waals surface area contributed by atoms with Crippen LogP contribution in [0.3, 0.4) is 0 Å². The Morgan fingerprint density at radius 2 is 2.15 bits per heavy atom. The van der Waals surface area contributed by atoms with Crippen LogP contribution in [0.25, 0.3) is 11.2 Å². The van der Waals surface area contributed by atoms with Gasteiger partial charge in [0.05, 0.1) is 6.33 Å². The van der Waals surface area contributed by atoms with Gasteiger partial charge in [-0.15, -0.1) is 0 Å². The highest BCUT2D eigenvalue weighted by atomic mass is 15.3. The average molecular weight is 266 g/mol. The highest BCUT2D eigenvalue weighted by Gasteiger charge is 2.29. The molecular weight excluding hydrogens is 252 g/mol. The Kier molecular flexibility index (Phi) is 2.20. The monoisotopic (exact) mass is 266 g/mol. The lowest BCUT2D eigenvalue weighted by Crippen LogP contribution is -2.25. The van der Waals surface area contributed by atoms with Gasteiger partial charge in [0.25, 0.3) is 0 Å². The summed E-state index contributed by atoms with van der Waals surface area (Å²) in [5, 5.41) is 0. The van der Waals surface area contributed by atoms with Crippen molar-refractivity contribution in [2.45, 2.75) is 19.4 Å². The smallest absolute Gasteiger partial charge is 0.224 e. The second-order valence-corrected chi connectivity index (χ2v) is 5.06. The number of H-pyrrole nitrogens is 1. The number of aromatic amines is 1. The summed E-state index contributed by atoms with van der Waals surface area (Å²) in [6, 6.07) is 8.70. The van der Waals surface area contributed by atoms with Crippen molar-refractivity contribution in [2.24, 2.45) is 0 Å². The molecule has 6 heteroatoms. The van der Waals surface area contributed by atoms with Gasteiger partial charge in [0.2, 0.25) is 5.95 Å². The maximum atomic E-state index is 5.81. The highest BCUT2D eigenvalue weighted by molar-refractivity contribution is 5.88. The van der Waals surface area contributed by atoms with Gasteiger partial charge in [-0.05, 0) is 25.0 Å². The molecule has 3 aromatic rings. The first-order valence-electron chi connectivity index (χ1n) is 6.58. The molecule has 0 amide bonds. The Morgan fingerprint density at radius 1 is 1.30 bits per heavy atom. The fourth-order valence-electron chi connectivity index (χ4n) is 2.90. The Labute approximate surface area is 115 Å². The van der Waals surface area contributed by atoms with Gasteiger partial charge in [-0.3, -0.25) is 0 Å². The van der Waals surface area contributed by atoms with E-state index in [0.29, 0.717) is 11.7 Å². The van der Waals surface area contributed by atoms with Crippen molar-refractivity contribution in [3.8, 4) is 0 Å². The SMILES string of the molecule is CC1Cc2ccccc2N1c1nc(N)nc2nc[nH]c12. The third-order valence-electron chi connectivity index (χ3n) is 3.72. The van der Waals surface area contributed by atoms with Crippen LogP contribution in [0.1, 0.15) is 12.5 Å². The van der Waals surface area contributed by atoms with Gasteiger partial charge in [-0.1, -0.05) is 18.2 Å². The molecule has 0 saturated carbocycles. The molecule has 1 atom stereocenters. The zero-order chi connectivity index (χ0) is 13.7. The molecule has 0 bridgehead atoms. The summed E-state index contributed by atoms with van der Waals surface area (Å²) in [5.74, 6) is 1.04. The second kappa shape index (κ2) is 3.93. The number of hydrogen-bond acceptors (Lipinski definition) is 5. The van der Waals surface area contributed by atoms with E-state index in [1.54, 1.807) is 6.33 Å². The number of nitrogens with zero attached hydrogens (tertiary/aromatic N) is 4. The summed E-state index contributed by atoms with van der Waals surface area (Å²) in [4.78, 5) is 18.1. The molecule has 3 heterocycles. The molecular formula is C14H14N6. The largest absolute Gasteiger partial charge is 0.368 e. The number of nitrogens with two attached hydrogens (primary N) is 1. The number of para-hydroxylation sites is 1. The molecule has 100 valence electrons. The quantitative estimate of drug-likeness (QED) is 0.704. The van der Waals surface area contributed by atoms with Crippen LogP contribution in [0.4, 0.5) is 17.5 Å². The Hall–Kier alpha value is -2.63. The number of nitrogens with one attached hydrogen (secondary N) is 1.